The quantitative estimate of drug-likeness (QED) is 0.662. The van der Waals surface area contributed by atoms with Crippen molar-refractivity contribution in [2.24, 2.45) is 0 Å². The van der Waals surface area contributed by atoms with Gasteiger partial charge >= 0.3 is 0 Å². The highest BCUT2D eigenvalue weighted by atomic mass is 16.5. The minimum absolute atomic E-state index is 0.00674. The Morgan fingerprint density at radius 1 is 1.03 bits per heavy atom. The lowest BCUT2D eigenvalue weighted by molar-refractivity contribution is 0.0585. The average molecular weight is 393 g/mol. The topological polar surface area (TPSA) is 73.8 Å². The van der Waals surface area contributed by atoms with Crippen LogP contribution in [0, 0.1) is 0 Å². The Morgan fingerprint density at radius 2 is 1.79 bits per heavy atom. The van der Waals surface area contributed by atoms with Gasteiger partial charge in [0.05, 0.1) is 37.0 Å². The first-order valence-corrected chi connectivity index (χ1v) is 9.57. The highest BCUT2D eigenvalue weighted by Crippen LogP contribution is 2.27. The lowest BCUT2D eigenvalue weighted by Gasteiger charge is -2.32. The summed E-state index contributed by atoms with van der Waals surface area (Å²) in [5.74, 6) is 1.64. The van der Waals surface area contributed by atoms with E-state index in [4.69, 9.17) is 14.2 Å². The number of methoxy groups -OCH3 is 2. The van der Waals surface area contributed by atoms with Crippen molar-refractivity contribution in [1.29, 1.82) is 0 Å². The largest absolute Gasteiger partial charge is 0.497 e. The SMILES string of the molecule is COc1ccc(C(=O)N2CCC(Oc3cnc4ccccc4n3)CC2)c(OC)c1. The van der Waals surface area contributed by atoms with Crippen molar-refractivity contribution < 1.29 is 19.0 Å². The van der Waals surface area contributed by atoms with E-state index in [0.29, 0.717) is 36.0 Å². The monoisotopic (exact) mass is 393 g/mol. The van der Waals surface area contributed by atoms with Gasteiger partial charge in [-0.05, 0) is 24.3 Å². The Bertz CT molecular complexity index is 1020. The van der Waals surface area contributed by atoms with Gasteiger partial charge in [-0.25, -0.2) is 9.97 Å². The molecule has 0 radical (unpaired) electrons. The zero-order valence-corrected chi connectivity index (χ0v) is 16.5. The van der Waals surface area contributed by atoms with Gasteiger partial charge in [0.1, 0.15) is 17.6 Å². The minimum atomic E-state index is -0.0477. The van der Waals surface area contributed by atoms with Gasteiger partial charge in [0, 0.05) is 32.0 Å². The number of hydrogen-bond acceptors (Lipinski definition) is 6. The van der Waals surface area contributed by atoms with Crippen LogP contribution in [-0.2, 0) is 0 Å². The van der Waals surface area contributed by atoms with Crippen LogP contribution in [0.1, 0.15) is 23.2 Å². The number of carbonyl (C=O) groups is 1. The maximum Gasteiger partial charge on any atom is 0.257 e. The fraction of sp³-hybridized carbons (Fsp3) is 0.318. The molecule has 3 aromatic rings. The van der Waals surface area contributed by atoms with Crippen LogP contribution in [0.5, 0.6) is 17.4 Å². The van der Waals surface area contributed by atoms with Crippen LogP contribution < -0.4 is 14.2 Å². The molecule has 7 nitrogen and oxygen atoms in total. The standard InChI is InChI=1S/C22H23N3O4/c1-27-16-7-8-17(20(13-16)28-2)22(26)25-11-9-15(10-12-25)29-21-14-23-18-5-3-4-6-19(18)24-21/h3-8,13-15H,9-12H2,1-2H3. The zero-order chi connectivity index (χ0) is 20.2. The van der Waals surface area contributed by atoms with E-state index in [2.05, 4.69) is 9.97 Å². The van der Waals surface area contributed by atoms with Crippen LogP contribution in [0.2, 0.25) is 0 Å². The molecule has 0 aliphatic carbocycles. The Kier molecular flexibility index (Phi) is 5.46. The minimum Gasteiger partial charge on any atom is -0.497 e. The van der Waals surface area contributed by atoms with Crippen molar-refractivity contribution in [2.75, 3.05) is 27.3 Å². The van der Waals surface area contributed by atoms with E-state index in [1.54, 1.807) is 38.6 Å². The number of piperidine rings is 1. The highest BCUT2D eigenvalue weighted by Gasteiger charge is 2.27. The number of aromatic nitrogens is 2. The van der Waals surface area contributed by atoms with Crippen molar-refractivity contribution in [3.8, 4) is 17.4 Å². The number of hydrogen-bond donors (Lipinski definition) is 0. The second-order valence-corrected chi connectivity index (χ2v) is 6.87. The van der Waals surface area contributed by atoms with E-state index in [1.165, 1.54) is 0 Å². The molecule has 0 spiro atoms. The molecule has 4 rings (SSSR count). The summed E-state index contributed by atoms with van der Waals surface area (Å²) in [5.41, 5.74) is 2.19. The Labute approximate surface area is 169 Å². The molecular weight excluding hydrogens is 370 g/mol. The summed E-state index contributed by atoms with van der Waals surface area (Å²) >= 11 is 0. The number of para-hydroxylation sites is 2. The molecule has 1 saturated heterocycles. The van der Waals surface area contributed by atoms with Gasteiger partial charge in [0.2, 0.25) is 5.88 Å². The summed E-state index contributed by atoms with van der Waals surface area (Å²) in [7, 11) is 3.14. The molecular formula is C22H23N3O4. The number of amides is 1. The number of benzene rings is 2. The van der Waals surface area contributed by atoms with Gasteiger partial charge in [-0.2, -0.15) is 0 Å². The van der Waals surface area contributed by atoms with Crippen LogP contribution in [0.25, 0.3) is 11.0 Å². The number of rotatable bonds is 5. The maximum absolute atomic E-state index is 12.9. The number of nitrogens with zero attached hydrogens (tertiary/aromatic N) is 3. The van der Waals surface area contributed by atoms with E-state index < -0.39 is 0 Å². The van der Waals surface area contributed by atoms with E-state index >= 15 is 0 Å². The number of likely N-dealkylation sites (tertiary alicyclic amines) is 1. The predicted molar refractivity (Wildman–Crippen MR) is 109 cm³/mol. The average Bonchev–Trinajstić information content (AvgIpc) is 2.78. The Hall–Kier alpha value is -3.35. The molecule has 0 N–H and O–H groups in total. The van der Waals surface area contributed by atoms with Crippen molar-refractivity contribution in [1.82, 2.24) is 14.9 Å². The summed E-state index contributed by atoms with van der Waals surface area (Å²) in [5, 5.41) is 0. The molecule has 1 aromatic heterocycles. The molecule has 29 heavy (non-hydrogen) atoms. The first-order chi connectivity index (χ1) is 14.2. The molecule has 0 saturated carbocycles. The van der Waals surface area contributed by atoms with Crippen molar-refractivity contribution in [3.63, 3.8) is 0 Å². The molecule has 2 aromatic carbocycles. The van der Waals surface area contributed by atoms with Crippen LogP contribution >= 0.6 is 0 Å². The summed E-state index contributed by atoms with van der Waals surface area (Å²) in [6, 6.07) is 12.9. The van der Waals surface area contributed by atoms with Gasteiger partial charge in [-0.3, -0.25) is 4.79 Å². The third kappa shape index (κ3) is 4.08. The summed E-state index contributed by atoms with van der Waals surface area (Å²) < 4.78 is 16.6. The van der Waals surface area contributed by atoms with E-state index in [9.17, 15) is 4.79 Å². The van der Waals surface area contributed by atoms with E-state index in [1.807, 2.05) is 29.2 Å². The van der Waals surface area contributed by atoms with Gasteiger partial charge < -0.3 is 19.1 Å². The summed E-state index contributed by atoms with van der Waals surface area (Å²) in [6.45, 7) is 1.22. The second kappa shape index (κ2) is 8.34. The third-order valence-electron chi connectivity index (χ3n) is 5.08. The number of carbonyl (C=O) groups excluding carboxylic acids is 1. The molecule has 2 heterocycles. The normalized spacial score (nSPS) is 14.6. The molecule has 0 bridgehead atoms. The van der Waals surface area contributed by atoms with Gasteiger partial charge in [0.25, 0.3) is 5.91 Å². The van der Waals surface area contributed by atoms with Crippen molar-refractivity contribution >= 4 is 16.9 Å². The van der Waals surface area contributed by atoms with Crippen molar-refractivity contribution in [2.45, 2.75) is 18.9 Å². The molecule has 1 fully saturated rings. The molecule has 0 unspecified atom stereocenters. The summed E-state index contributed by atoms with van der Waals surface area (Å²) in [6.07, 6.45) is 3.13. The highest BCUT2D eigenvalue weighted by molar-refractivity contribution is 5.97. The fourth-order valence-electron chi connectivity index (χ4n) is 3.49. The van der Waals surface area contributed by atoms with Crippen LogP contribution in [-0.4, -0.2) is 54.2 Å². The lowest BCUT2D eigenvalue weighted by atomic mass is 10.1. The summed E-state index contributed by atoms with van der Waals surface area (Å²) in [4.78, 5) is 23.7. The van der Waals surface area contributed by atoms with Crippen molar-refractivity contribution in [3.05, 3.63) is 54.2 Å². The van der Waals surface area contributed by atoms with E-state index in [-0.39, 0.29) is 12.0 Å². The third-order valence-corrected chi connectivity index (χ3v) is 5.08. The molecule has 150 valence electrons. The molecule has 1 aliphatic heterocycles. The maximum atomic E-state index is 12.9. The zero-order valence-electron chi connectivity index (χ0n) is 16.5. The fourth-order valence-corrected chi connectivity index (χ4v) is 3.49. The van der Waals surface area contributed by atoms with Gasteiger partial charge in [0.15, 0.2) is 0 Å². The van der Waals surface area contributed by atoms with E-state index in [0.717, 1.165) is 23.9 Å². The van der Waals surface area contributed by atoms with Crippen LogP contribution in [0.15, 0.2) is 48.7 Å². The molecule has 1 amide bonds. The second-order valence-electron chi connectivity index (χ2n) is 6.87. The number of ether oxygens (including phenoxy) is 3. The smallest absolute Gasteiger partial charge is 0.257 e. The molecule has 0 atom stereocenters. The Morgan fingerprint density at radius 3 is 2.52 bits per heavy atom. The van der Waals surface area contributed by atoms with Crippen LogP contribution in [0.3, 0.4) is 0 Å². The first kappa shape index (κ1) is 19.0. The van der Waals surface area contributed by atoms with Gasteiger partial charge in [-0.15, -0.1) is 0 Å². The predicted octanol–water partition coefficient (Wildman–Crippen LogP) is 3.33. The van der Waals surface area contributed by atoms with Gasteiger partial charge in [-0.1, -0.05) is 12.1 Å². The first-order valence-electron chi connectivity index (χ1n) is 9.57. The van der Waals surface area contributed by atoms with Crippen LogP contribution in [0.4, 0.5) is 0 Å². The Balaban J connectivity index is 1.39. The lowest BCUT2D eigenvalue weighted by Crippen LogP contribution is -2.42. The number of fused-ring (bicyclic) bond motifs is 1. The molecule has 1 aliphatic rings. The molecule has 7 heteroatoms.